The number of fused-ring (bicyclic) bond motifs is 1. The van der Waals surface area contributed by atoms with Crippen molar-refractivity contribution in [2.75, 3.05) is 27.4 Å². The van der Waals surface area contributed by atoms with Gasteiger partial charge >= 0.3 is 0 Å². The van der Waals surface area contributed by atoms with Crippen molar-refractivity contribution in [2.24, 2.45) is 5.92 Å². The molecule has 2 heterocycles. The molecule has 0 aromatic rings. The van der Waals surface area contributed by atoms with E-state index >= 15 is 0 Å². The number of aliphatic hydroxyl groups excluding tert-OH is 1. The lowest BCUT2D eigenvalue weighted by molar-refractivity contribution is -0.457. The van der Waals surface area contributed by atoms with Crippen molar-refractivity contribution in [1.82, 2.24) is 5.32 Å². The highest BCUT2D eigenvalue weighted by molar-refractivity contribution is 5.04. The highest BCUT2D eigenvalue weighted by Crippen LogP contribution is 2.44. The Morgan fingerprint density at radius 2 is 1.65 bits per heavy atom. The van der Waals surface area contributed by atoms with Gasteiger partial charge in [-0.25, -0.2) is 0 Å². The number of ether oxygens (including phenoxy) is 4. The van der Waals surface area contributed by atoms with E-state index in [0.29, 0.717) is 6.54 Å². The fraction of sp³-hybridized carbons (Fsp3) is 1.00. The van der Waals surface area contributed by atoms with E-state index in [1.54, 1.807) is 28.1 Å². The molecular formula is C14H27NO5. The average Bonchev–Trinajstić information content (AvgIpc) is 2.40. The van der Waals surface area contributed by atoms with Crippen molar-refractivity contribution < 1.29 is 24.1 Å². The smallest absolute Gasteiger partial charge is 0.220 e. The molecule has 2 N–H and O–H groups in total. The Bertz CT molecular complexity index is 363. The van der Waals surface area contributed by atoms with Crippen LogP contribution in [0.25, 0.3) is 0 Å². The molecule has 0 aliphatic carbocycles. The number of aliphatic hydroxyl groups is 1. The summed E-state index contributed by atoms with van der Waals surface area (Å²) in [7, 11) is 3.14. The predicted octanol–water partition coefficient (Wildman–Crippen LogP) is 0.486. The maximum Gasteiger partial charge on any atom is 0.220 e. The Hall–Kier alpha value is -0.240. The molecule has 118 valence electrons. The fourth-order valence-corrected chi connectivity index (χ4v) is 3.11. The van der Waals surface area contributed by atoms with E-state index in [9.17, 15) is 5.11 Å². The highest BCUT2D eigenvalue weighted by Gasteiger charge is 2.60. The van der Waals surface area contributed by atoms with Crippen molar-refractivity contribution in [3.63, 3.8) is 0 Å². The van der Waals surface area contributed by atoms with Crippen LogP contribution in [0, 0.1) is 5.92 Å². The molecule has 5 atom stereocenters. The van der Waals surface area contributed by atoms with Gasteiger partial charge in [0.25, 0.3) is 0 Å². The minimum absolute atomic E-state index is 0.0218. The van der Waals surface area contributed by atoms with Gasteiger partial charge in [-0.2, -0.15) is 0 Å². The Kier molecular flexibility index (Phi) is 4.19. The first-order chi connectivity index (χ1) is 9.23. The summed E-state index contributed by atoms with van der Waals surface area (Å²) < 4.78 is 23.3. The van der Waals surface area contributed by atoms with Crippen molar-refractivity contribution in [3.8, 4) is 0 Å². The molecule has 0 radical (unpaired) electrons. The van der Waals surface area contributed by atoms with Gasteiger partial charge in [0.15, 0.2) is 0 Å². The highest BCUT2D eigenvalue weighted by atomic mass is 16.8. The number of methoxy groups -OCH3 is 2. The van der Waals surface area contributed by atoms with E-state index in [2.05, 4.69) is 19.2 Å². The zero-order valence-corrected chi connectivity index (χ0v) is 13.2. The van der Waals surface area contributed by atoms with Crippen LogP contribution in [-0.2, 0) is 18.9 Å². The first kappa shape index (κ1) is 16.1. The molecule has 0 aromatic carbocycles. The van der Waals surface area contributed by atoms with Gasteiger partial charge in [0.2, 0.25) is 11.6 Å². The first-order valence-corrected chi connectivity index (χ1v) is 7.05. The molecule has 2 aliphatic heterocycles. The molecule has 0 unspecified atom stereocenters. The Morgan fingerprint density at radius 1 is 1.10 bits per heavy atom. The zero-order valence-electron chi connectivity index (χ0n) is 13.2. The van der Waals surface area contributed by atoms with Gasteiger partial charge in [0, 0.05) is 32.2 Å². The molecule has 6 nitrogen and oxygen atoms in total. The third kappa shape index (κ3) is 2.28. The molecule has 2 fully saturated rings. The minimum Gasteiger partial charge on any atom is -0.396 e. The molecule has 2 aliphatic rings. The largest absolute Gasteiger partial charge is 0.396 e. The molecule has 0 bridgehead atoms. The lowest BCUT2D eigenvalue weighted by Gasteiger charge is -2.57. The van der Waals surface area contributed by atoms with Crippen molar-refractivity contribution in [3.05, 3.63) is 0 Å². The number of hydrogen-bond donors (Lipinski definition) is 2. The van der Waals surface area contributed by atoms with Crippen LogP contribution in [0.5, 0.6) is 0 Å². The first-order valence-electron chi connectivity index (χ1n) is 7.05. The van der Waals surface area contributed by atoms with Crippen LogP contribution in [0.15, 0.2) is 0 Å². The van der Waals surface area contributed by atoms with Crippen LogP contribution in [0.4, 0.5) is 0 Å². The van der Waals surface area contributed by atoms with E-state index in [0.717, 1.165) is 0 Å². The number of piperidine rings is 1. The topological polar surface area (TPSA) is 69.2 Å². The van der Waals surface area contributed by atoms with E-state index in [-0.39, 0.29) is 30.3 Å². The lowest BCUT2D eigenvalue weighted by Crippen LogP contribution is -2.73. The summed E-state index contributed by atoms with van der Waals surface area (Å²) in [5.41, 5.74) is -0.227. The second-order valence-corrected chi connectivity index (χ2v) is 6.43. The summed E-state index contributed by atoms with van der Waals surface area (Å²) in [5, 5.41) is 13.2. The van der Waals surface area contributed by atoms with Crippen LogP contribution in [0.2, 0.25) is 0 Å². The second-order valence-electron chi connectivity index (χ2n) is 6.43. The number of rotatable bonds is 3. The van der Waals surface area contributed by atoms with Gasteiger partial charge in [-0.05, 0) is 27.7 Å². The lowest BCUT2D eigenvalue weighted by atomic mass is 9.77. The average molecular weight is 289 g/mol. The van der Waals surface area contributed by atoms with Crippen LogP contribution < -0.4 is 5.32 Å². The van der Waals surface area contributed by atoms with Crippen molar-refractivity contribution in [2.45, 2.75) is 57.0 Å². The van der Waals surface area contributed by atoms with Crippen molar-refractivity contribution >= 4 is 0 Å². The summed E-state index contributed by atoms with van der Waals surface area (Å²) in [4.78, 5) is 0. The normalized spacial score (nSPS) is 47.9. The maximum absolute atomic E-state index is 9.75. The van der Waals surface area contributed by atoms with Gasteiger partial charge in [0.05, 0.1) is 12.7 Å². The Balaban J connectivity index is 2.31. The molecule has 2 rings (SSSR count). The van der Waals surface area contributed by atoms with E-state index in [4.69, 9.17) is 18.9 Å². The van der Waals surface area contributed by atoms with Crippen LogP contribution in [0.3, 0.4) is 0 Å². The third-order valence-corrected chi connectivity index (χ3v) is 4.99. The maximum atomic E-state index is 9.75. The SMILES string of the molecule is CO[C@@]1(C)O[C@@H]2[C@@H](CO)C(C)(C)NC[C@H]2O[C@]1(C)OC. The molecular weight excluding hydrogens is 262 g/mol. The van der Waals surface area contributed by atoms with Crippen LogP contribution >= 0.6 is 0 Å². The summed E-state index contributed by atoms with van der Waals surface area (Å²) >= 11 is 0. The molecule has 20 heavy (non-hydrogen) atoms. The second kappa shape index (κ2) is 5.19. The standard InChI is InChI=1S/C14H27NO5/c1-12(2)9(8-16)11-10(7-15-12)19-13(3,17-5)14(4,18-6)20-11/h9-11,15-16H,7-8H2,1-6H3/t9-,10-,11-,13+,14+/m1/s1. The number of nitrogens with one attached hydrogen (secondary N) is 1. The summed E-state index contributed by atoms with van der Waals surface area (Å²) in [6.45, 7) is 8.39. The van der Waals surface area contributed by atoms with Crippen LogP contribution in [-0.4, -0.2) is 61.8 Å². The molecule has 2 saturated heterocycles. The minimum atomic E-state index is -1.02. The third-order valence-electron chi connectivity index (χ3n) is 4.99. The van der Waals surface area contributed by atoms with E-state index in [1.807, 2.05) is 0 Å². The molecule has 0 saturated carbocycles. The predicted molar refractivity (Wildman–Crippen MR) is 73.2 cm³/mol. The molecule has 0 amide bonds. The van der Waals surface area contributed by atoms with E-state index in [1.165, 1.54) is 0 Å². The monoisotopic (exact) mass is 289 g/mol. The summed E-state index contributed by atoms with van der Waals surface area (Å²) in [6.07, 6.45) is -0.433. The summed E-state index contributed by atoms with van der Waals surface area (Å²) in [5.74, 6) is -2.10. The summed E-state index contributed by atoms with van der Waals surface area (Å²) in [6, 6.07) is 0. The van der Waals surface area contributed by atoms with Gasteiger partial charge in [-0.1, -0.05) is 0 Å². The van der Waals surface area contributed by atoms with E-state index < -0.39 is 11.6 Å². The molecule has 6 heteroatoms. The quantitative estimate of drug-likeness (QED) is 0.788. The fourth-order valence-electron chi connectivity index (χ4n) is 3.11. The van der Waals surface area contributed by atoms with Gasteiger partial charge < -0.3 is 29.4 Å². The van der Waals surface area contributed by atoms with Gasteiger partial charge in [-0.15, -0.1) is 0 Å². The van der Waals surface area contributed by atoms with Gasteiger partial charge in [0.1, 0.15) is 6.10 Å². The van der Waals surface area contributed by atoms with Crippen molar-refractivity contribution in [1.29, 1.82) is 0 Å². The van der Waals surface area contributed by atoms with Crippen LogP contribution in [0.1, 0.15) is 27.7 Å². The molecule has 0 spiro atoms. The zero-order chi connectivity index (χ0) is 15.2. The Labute approximate surface area is 120 Å². The molecule has 0 aromatic heterocycles. The van der Waals surface area contributed by atoms with Gasteiger partial charge in [-0.3, -0.25) is 0 Å². The Morgan fingerprint density at radius 3 is 2.15 bits per heavy atom. The number of hydrogen-bond acceptors (Lipinski definition) is 6.